The second-order valence-corrected chi connectivity index (χ2v) is 6.58. The van der Waals surface area contributed by atoms with Gasteiger partial charge in [0.25, 0.3) is 0 Å². The summed E-state index contributed by atoms with van der Waals surface area (Å²) < 4.78 is 0. The van der Waals surface area contributed by atoms with Crippen LogP contribution < -0.4 is 5.32 Å². The van der Waals surface area contributed by atoms with Crippen LogP contribution in [0, 0.1) is 5.92 Å². The van der Waals surface area contributed by atoms with Gasteiger partial charge in [-0.2, -0.15) is 0 Å². The fraction of sp³-hybridized carbons (Fsp3) is 0.625. The summed E-state index contributed by atoms with van der Waals surface area (Å²) in [7, 11) is 0. The molecule has 2 rings (SSSR count). The molecule has 1 heterocycles. The lowest BCUT2D eigenvalue weighted by atomic mass is 9.95. The first-order valence-electron chi connectivity index (χ1n) is 7.29. The summed E-state index contributed by atoms with van der Waals surface area (Å²) in [5.41, 5.74) is 1.48. The molecule has 0 amide bonds. The number of nitrogens with zero attached hydrogens (tertiary/aromatic N) is 1. The Bertz CT molecular complexity index is 378. The summed E-state index contributed by atoms with van der Waals surface area (Å²) >= 11 is 1.82. The summed E-state index contributed by atoms with van der Waals surface area (Å²) in [6, 6.07) is 9.74. The van der Waals surface area contributed by atoms with Crippen molar-refractivity contribution < 1.29 is 0 Å². The number of thioether (sulfide) groups is 1. The number of benzene rings is 1. The highest BCUT2D eigenvalue weighted by Gasteiger charge is 2.22. The second kappa shape index (κ2) is 10.7. The van der Waals surface area contributed by atoms with Gasteiger partial charge in [0.15, 0.2) is 0 Å². The van der Waals surface area contributed by atoms with Crippen LogP contribution in [-0.4, -0.2) is 37.3 Å². The first kappa shape index (κ1) is 21.1. The van der Waals surface area contributed by atoms with Crippen molar-refractivity contribution in [3.05, 3.63) is 29.8 Å². The number of nitrogens with one attached hydrogen (secondary N) is 1. The van der Waals surface area contributed by atoms with Crippen molar-refractivity contribution in [3.63, 3.8) is 0 Å². The van der Waals surface area contributed by atoms with E-state index in [-0.39, 0.29) is 24.8 Å². The van der Waals surface area contributed by atoms with Gasteiger partial charge in [-0.15, -0.1) is 36.6 Å². The molecule has 1 aromatic rings. The summed E-state index contributed by atoms with van der Waals surface area (Å²) in [4.78, 5) is 4.00. The van der Waals surface area contributed by atoms with E-state index in [1.165, 1.54) is 30.0 Å². The van der Waals surface area contributed by atoms with E-state index in [1.54, 1.807) is 0 Å². The highest BCUT2D eigenvalue weighted by atomic mass is 35.5. The molecule has 0 aliphatic carbocycles. The second-order valence-electron chi connectivity index (χ2n) is 5.70. The average molecular weight is 351 g/mol. The van der Waals surface area contributed by atoms with Gasteiger partial charge in [-0.25, -0.2) is 0 Å². The van der Waals surface area contributed by atoms with Crippen molar-refractivity contribution in [1.82, 2.24) is 10.2 Å². The molecule has 0 radical (unpaired) electrons. The molecule has 1 fully saturated rings. The van der Waals surface area contributed by atoms with Crippen molar-refractivity contribution in [2.24, 2.45) is 5.92 Å². The van der Waals surface area contributed by atoms with Crippen molar-refractivity contribution in [3.8, 4) is 0 Å². The molecule has 0 bridgehead atoms. The maximum absolute atomic E-state index is 3.45. The zero-order chi connectivity index (χ0) is 13.7. The SMILES string of the molecule is CSc1ccc([C@@H](CC(C)C)N2CCNCC2)cc1.Cl.Cl. The monoisotopic (exact) mass is 350 g/mol. The quantitative estimate of drug-likeness (QED) is 0.799. The third-order valence-electron chi connectivity index (χ3n) is 3.79. The van der Waals surface area contributed by atoms with Gasteiger partial charge in [-0.3, -0.25) is 4.90 Å². The lowest BCUT2D eigenvalue weighted by molar-refractivity contribution is 0.154. The lowest BCUT2D eigenvalue weighted by Gasteiger charge is -2.36. The fourth-order valence-corrected chi connectivity index (χ4v) is 3.17. The maximum atomic E-state index is 3.45. The number of rotatable bonds is 5. The Balaban J connectivity index is 0.00000200. The van der Waals surface area contributed by atoms with Crippen LogP contribution in [0.2, 0.25) is 0 Å². The van der Waals surface area contributed by atoms with Crippen molar-refractivity contribution in [2.75, 3.05) is 32.4 Å². The van der Waals surface area contributed by atoms with Gasteiger partial charge < -0.3 is 5.32 Å². The Morgan fingerprint density at radius 3 is 2.14 bits per heavy atom. The predicted octanol–water partition coefficient (Wildman–Crippen LogP) is 4.24. The minimum atomic E-state index is 0. The van der Waals surface area contributed by atoms with Crippen LogP contribution in [0.15, 0.2) is 29.2 Å². The number of hydrogen-bond acceptors (Lipinski definition) is 3. The Labute approximate surface area is 146 Å². The molecule has 0 spiro atoms. The lowest BCUT2D eigenvalue weighted by Crippen LogP contribution is -2.45. The molecule has 2 nitrogen and oxygen atoms in total. The van der Waals surface area contributed by atoms with E-state index in [2.05, 4.69) is 54.6 Å². The van der Waals surface area contributed by atoms with Gasteiger partial charge in [-0.1, -0.05) is 26.0 Å². The number of halogens is 2. The standard InChI is InChI=1S/C16H26N2S.2ClH/c1-13(2)12-16(18-10-8-17-9-11-18)14-4-6-15(19-3)7-5-14;;/h4-7,13,16-17H,8-12H2,1-3H3;2*1H/t16-;;/m1../s1. The molecule has 0 saturated carbocycles. The third kappa shape index (κ3) is 6.37. The Hall–Kier alpha value is 0.0700. The molecule has 1 saturated heterocycles. The molecular weight excluding hydrogens is 323 g/mol. The topological polar surface area (TPSA) is 15.3 Å². The summed E-state index contributed by atoms with van der Waals surface area (Å²) in [5.74, 6) is 0.736. The van der Waals surface area contributed by atoms with E-state index in [0.29, 0.717) is 6.04 Å². The fourth-order valence-electron chi connectivity index (χ4n) is 2.76. The van der Waals surface area contributed by atoms with Crippen LogP contribution in [0.5, 0.6) is 0 Å². The minimum absolute atomic E-state index is 0. The van der Waals surface area contributed by atoms with Crippen molar-refractivity contribution in [1.29, 1.82) is 0 Å². The average Bonchev–Trinajstić information content (AvgIpc) is 2.46. The van der Waals surface area contributed by atoms with E-state index >= 15 is 0 Å². The van der Waals surface area contributed by atoms with E-state index in [1.807, 2.05) is 11.8 Å². The highest BCUT2D eigenvalue weighted by molar-refractivity contribution is 7.98. The van der Waals surface area contributed by atoms with Gasteiger partial charge in [0, 0.05) is 37.1 Å². The van der Waals surface area contributed by atoms with E-state index in [4.69, 9.17) is 0 Å². The van der Waals surface area contributed by atoms with E-state index in [9.17, 15) is 0 Å². The molecule has 1 aliphatic heterocycles. The molecule has 21 heavy (non-hydrogen) atoms. The van der Waals surface area contributed by atoms with Crippen LogP contribution >= 0.6 is 36.6 Å². The van der Waals surface area contributed by atoms with Crippen LogP contribution in [0.25, 0.3) is 0 Å². The number of hydrogen-bond donors (Lipinski definition) is 1. The third-order valence-corrected chi connectivity index (χ3v) is 4.53. The van der Waals surface area contributed by atoms with Crippen LogP contribution in [0.3, 0.4) is 0 Å². The summed E-state index contributed by atoms with van der Waals surface area (Å²) in [6.07, 6.45) is 3.38. The molecule has 122 valence electrons. The Morgan fingerprint density at radius 2 is 1.67 bits per heavy atom. The normalized spacial score (nSPS) is 17.0. The zero-order valence-corrected chi connectivity index (χ0v) is 15.6. The van der Waals surface area contributed by atoms with Gasteiger partial charge in [0.2, 0.25) is 0 Å². The van der Waals surface area contributed by atoms with Crippen LogP contribution in [0.4, 0.5) is 0 Å². The van der Waals surface area contributed by atoms with Gasteiger partial charge in [0.1, 0.15) is 0 Å². The van der Waals surface area contributed by atoms with Gasteiger partial charge in [-0.05, 0) is 36.3 Å². The molecule has 1 N–H and O–H groups in total. The first-order valence-corrected chi connectivity index (χ1v) is 8.52. The van der Waals surface area contributed by atoms with Crippen molar-refractivity contribution >= 4 is 36.6 Å². The summed E-state index contributed by atoms with van der Waals surface area (Å²) in [6.45, 7) is 9.23. The molecule has 0 aromatic heterocycles. The molecular formula is C16H28Cl2N2S. The largest absolute Gasteiger partial charge is 0.314 e. The smallest absolute Gasteiger partial charge is 0.0351 e. The Kier molecular flexibility index (Phi) is 10.8. The maximum Gasteiger partial charge on any atom is 0.0351 e. The highest BCUT2D eigenvalue weighted by Crippen LogP contribution is 2.29. The van der Waals surface area contributed by atoms with E-state index in [0.717, 1.165) is 19.0 Å². The molecule has 1 atom stereocenters. The Morgan fingerprint density at radius 1 is 1.10 bits per heavy atom. The zero-order valence-electron chi connectivity index (χ0n) is 13.2. The van der Waals surface area contributed by atoms with Gasteiger partial charge in [0.05, 0.1) is 0 Å². The number of piperazine rings is 1. The molecule has 0 unspecified atom stereocenters. The molecule has 1 aliphatic rings. The van der Waals surface area contributed by atoms with Crippen LogP contribution in [-0.2, 0) is 0 Å². The van der Waals surface area contributed by atoms with Crippen LogP contribution in [0.1, 0.15) is 31.9 Å². The van der Waals surface area contributed by atoms with Crippen molar-refractivity contribution in [2.45, 2.75) is 31.2 Å². The van der Waals surface area contributed by atoms with Gasteiger partial charge >= 0.3 is 0 Å². The molecule has 1 aromatic carbocycles. The summed E-state index contributed by atoms with van der Waals surface area (Å²) in [5, 5.41) is 3.45. The predicted molar refractivity (Wildman–Crippen MR) is 99.4 cm³/mol. The van der Waals surface area contributed by atoms with E-state index < -0.39 is 0 Å². The molecule has 5 heteroatoms. The minimum Gasteiger partial charge on any atom is -0.314 e. The first-order chi connectivity index (χ1) is 9.20.